The van der Waals surface area contributed by atoms with Crippen LogP contribution >= 0.6 is 0 Å². The van der Waals surface area contributed by atoms with Gasteiger partial charge in [-0.25, -0.2) is 30.1 Å². The van der Waals surface area contributed by atoms with Gasteiger partial charge in [0.2, 0.25) is 11.6 Å². The van der Waals surface area contributed by atoms with Crippen LogP contribution in [0.2, 0.25) is 0 Å². The minimum absolute atomic E-state index is 0.0232. The van der Waals surface area contributed by atoms with E-state index < -0.39 is 20.0 Å². The second-order valence-electron chi connectivity index (χ2n) is 5.48. The lowest BCUT2D eigenvalue weighted by Gasteiger charge is -2.21. The van der Waals surface area contributed by atoms with Gasteiger partial charge in [-0.3, -0.25) is 0 Å². The van der Waals surface area contributed by atoms with Crippen LogP contribution in [-0.2, 0) is 20.0 Å². The van der Waals surface area contributed by atoms with E-state index in [1.54, 1.807) is 36.4 Å². The Labute approximate surface area is 156 Å². The molecule has 2 aromatic carbocycles. The molecule has 0 aliphatic rings. The zero-order valence-electron chi connectivity index (χ0n) is 14.4. The molecule has 0 bridgehead atoms. The van der Waals surface area contributed by atoms with Crippen LogP contribution in [0.25, 0.3) is 0 Å². The Morgan fingerprint density at radius 1 is 0.667 bits per heavy atom. The molecule has 142 valence electrons. The summed E-state index contributed by atoms with van der Waals surface area (Å²) in [7, 11) is -5.47. The monoisotopic (exact) mass is 408 g/mol. The Kier molecular flexibility index (Phi) is 4.89. The topological polar surface area (TPSA) is 114 Å². The van der Waals surface area contributed by atoms with E-state index in [0.29, 0.717) is 0 Å². The van der Waals surface area contributed by atoms with E-state index in [1.165, 1.54) is 38.4 Å². The van der Waals surface area contributed by atoms with Gasteiger partial charge in [-0.1, -0.05) is 36.4 Å². The van der Waals surface area contributed by atoms with Crippen molar-refractivity contribution in [1.82, 2.24) is 10.3 Å². The van der Waals surface area contributed by atoms with Gasteiger partial charge in [0, 0.05) is 14.1 Å². The number of benzene rings is 2. The molecular formula is C16H16N4O5S2. The third kappa shape index (κ3) is 3.38. The van der Waals surface area contributed by atoms with E-state index in [9.17, 15) is 16.8 Å². The lowest BCUT2D eigenvalue weighted by Crippen LogP contribution is -2.32. The third-order valence-corrected chi connectivity index (χ3v) is 7.38. The number of aromatic nitrogens is 2. The lowest BCUT2D eigenvalue weighted by atomic mass is 10.4. The highest BCUT2D eigenvalue weighted by molar-refractivity contribution is 7.93. The first-order chi connectivity index (χ1) is 12.8. The molecule has 1 aromatic heterocycles. The van der Waals surface area contributed by atoms with Crippen LogP contribution in [0.4, 0.5) is 11.6 Å². The number of rotatable bonds is 6. The molecule has 0 saturated carbocycles. The maximum absolute atomic E-state index is 12.8. The zero-order chi connectivity index (χ0) is 19.7. The van der Waals surface area contributed by atoms with Gasteiger partial charge in [0.25, 0.3) is 20.0 Å². The first-order valence-electron chi connectivity index (χ1n) is 7.67. The molecular weight excluding hydrogens is 392 g/mol. The molecule has 0 fully saturated rings. The lowest BCUT2D eigenvalue weighted by molar-refractivity contribution is 0.309. The smallest absolute Gasteiger partial charge is 0.247 e. The van der Waals surface area contributed by atoms with Crippen LogP contribution in [0.15, 0.2) is 75.1 Å². The first-order valence-corrected chi connectivity index (χ1v) is 10.5. The third-order valence-electron chi connectivity index (χ3n) is 3.85. The minimum Gasteiger partial charge on any atom is -0.247 e. The van der Waals surface area contributed by atoms with Gasteiger partial charge in [-0.2, -0.15) is 0 Å². The fraction of sp³-hybridized carbons (Fsp3) is 0.125. The van der Waals surface area contributed by atoms with Gasteiger partial charge in [0.15, 0.2) is 0 Å². The maximum Gasteiger partial charge on any atom is 0.265 e. The van der Waals surface area contributed by atoms with Crippen molar-refractivity contribution in [2.45, 2.75) is 9.79 Å². The Morgan fingerprint density at radius 2 is 1.00 bits per heavy atom. The van der Waals surface area contributed by atoms with Gasteiger partial charge in [0.05, 0.1) is 9.79 Å². The Bertz CT molecular complexity index is 1040. The quantitative estimate of drug-likeness (QED) is 0.610. The van der Waals surface area contributed by atoms with Crippen LogP contribution in [0, 0.1) is 0 Å². The molecule has 0 N–H and O–H groups in total. The molecule has 11 heteroatoms. The normalized spacial score (nSPS) is 11.9. The van der Waals surface area contributed by atoms with Crippen molar-refractivity contribution in [3.8, 4) is 0 Å². The van der Waals surface area contributed by atoms with Crippen molar-refractivity contribution < 1.29 is 21.5 Å². The van der Waals surface area contributed by atoms with Crippen molar-refractivity contribution in [3.05, 3.63) is 60.7 Å². The molecule has 0 aliphatic carbocycles. The maximum atomic E-state index is 12.8. The van der Waals surface area contributed by atoms with Crippen LogP contribution in [0.1, 0.15) is 0 Å². The van der Waals surface area contributed by atoms with Gasteiger partial charge in [0.1, 0.15) is 0 Å². The summed E-state index contributed by atoms with van der Waals surface area (Å²) in [5, 5.41) is 7.18. The van der Waals surface area contributed by atoms with Gasteiger partial charge < -0.3 is 0 Å². The molecule has 0 unspecified atom stereocenters. The Morgan fingerprint density at radius 3 is 1.33 bits per heavy atom. The van der Waals surface area contributed by atoms with Crippen LogP contribution in [-0.4, -0.2) is 41.2 Å². The highest BCUT2D eigenvalue weighted by Crippen LogP contribution is 2.31. The van der Waals surface area contributed by atoms with Crippen molar-refractivity contribution in [1.29, 1.82) is 0 Å². The second-order valence-corrected chi connectivity index (χ2v) is 9.42. The molecule has 0 saturated heterocycles. The number of sulfonamides is 2. The molecule has 9 nitrogen and oxygen atoms in total. The molecule has 0 atom stereocenters. The van der Waals surface area contributed by atoms with Crippen molar-refractivity contribution >= 4 is 31.7 Å². The summed E-state index contributed by atoms with van der Waals surface area (Å²) < 4.78 is 57.4. The summed E-state index contributed by atoms with van der Waals surface area (Å²) in [5.74, 6) is -0.498. The fourth-order valence-corrected chi connectivity index (χ4v) is 4.62. The molecule has 3 aromatic rings. The Hall–Kier alpha value is -2.92. The molecule has 1 heterocycles. The average Bonchev–Trinajstić information content (AvgIpc) is 3.17. The van der Waals surface area contributed by atoms with E-state index in [0.717, 1.165) is 8.61 Å². The molecule has 0 spiro atoms. The number of hydrogen-bond donors (Lipinski definition) is 0. The minimum atomic E-state index is -3.98. The predicted molar refractivity (Wildman–Crippen MR) is 98.4 cm³/mol. The van der Waals surface area contributed by atoms with E-state index in [-0.39, 0.29) is 21.4 Å². The summed E-state index contributed by atoms with van der Waals surface area (Å²) in [6, 6.07) is 15.4. The summed E-state index contributed by atoms with van der Waals surface area (Å²) >= 11 is 0. The first kappa shape index (κ1) is 18.9. The van der Waals surface area contributed by atoms with Crippen LogP contribution in [0.3, 0.4) is 0 Å². The van der Waals surface area contributed by atoms with Crippen LogP contribution in [0.5, 0.6) is 0 Å². The SMILES string of the molecule is CN(c1nonc1N(C)S(=O)(=O)c1ccccc1)S(=O)(=O)c1ccccc1. The zero-order valence-corrected chi connectivity index (χ0v) is 16.1. The summed E-state index contributed by atoms with van der Waals surface area (Å²) in [6.45, 7) is 0. The largest absolute Gasteiger partial charge is 0.265 e. The molecule has 27 heavy (non-hydrogen) atoms. The molecule has 0 amide bonds. The van der Waals surface area contributed by atoms with Crippen LogP contribution < -0.4 is 8.61 Å². The number of anilines is 2. The second kappa shape index (κ2) is 7.00. The van der Waals surface area contributed by atoms with Crippen molar-refractivity contribution in [2.75, 3.05) is 22.7 Å². The Balaban J connectivity index is 2.01. The van der Waals surface area contributed by atoms with E-state index in [4.69, 9.17) is 0 Å². The highest BCUT2D eigenvalue weighted by atomic mass is 32.2. The molecule has 0 aliphatic heterocycles. The number of nitrogens with zero attached hydrogens (tertiary/aromatic N) is 4. The average molecular weight is 408 g/mol. The predicted octanol–water partition coefficient (Wildman–Crippen LogP) is 1.72. The van der Waals surface area contributed by atoms with Gasteiger partial charge >= 0.3 is 0 Å². The van der Waals surface area contributed by atoms with E-state index in [1.807, 2.05) is 0 Å². The molecule has 0 radical (unpaired) electrons. The summed E-state index contributed by atoms with van der Waals surface area (Å²) in [4.78, 5) is 0.0463. The standard InChI is InChI=1S/C16H16N4O5S2/c1-19(26(21,22)13-9-5-3-6-10-13)15-16(18-25-17-15)20(2)27(23,24)14-11-7-4-8-12-14/h3-12H,1-2H3. The highest BCUT2D eigenvalue weighted by Gasteiger charge is 2.32. The summed E-state index contributed by atoms with van der Waals surface area (Å²) in [6.07, 6.45) is 0. The van der Waals surface area contributed by atoms with Crippen molar-refractivity contribution in [3.63, 3.8) is 0 Å². The van der Waals surface area contributed by atoms with E-state index >= 15 is 0 Å². The summed E-state index contributed by atoms with van der Waals surface area (Å²) in [5.41, 5.74) is 0. The van der Waals surface area contributed by atoms with Gasteiger partial charge in [-0.15, -0.1) is 0 Å². The number of hydrogen-bond acceptors (Lipinski definition) is 7. The molecule has 3 rings (SSSR count). The fourth-order valence-electron chi connectivity index (χ4n) is 2.30. The van der Waals surface area contributed by atoms with E-state index in [2.05, 4.69) is 14.9 Å². The van der Waals surface area contributed by atoms with Crippen molar-refractivity contribution in [2.24, 2.45) is 0 Å². The van der Waals surface area contributed by atoms with Gasteiger partial charge in [-0.05, 0) is 34.6 Å².